The van der Waals surface area contributed by atoms with Gasteiger partial charge in [0.15, 0.2) is 11.5 Å². The van der Waals surface area contributed by atoms with E-state index in [1.54, 1.807) is 25.1 Å². The second-order valence-electron chi connectivity index (χ2n) is 6.50. The van der Waals surface area contributed by atoms with Crippen molar-refractivity contribution in [1.29, 1.82) is 0 Å². The Labute approximate surface area is 166 Å². The smallest absolute Gasteiger partial charge is 0.271 e. The molecule has 28 heavy (non-hydrogen) atoms. The van der Waals surface area contributed by atoms with Crippen LogP contribution in [-0.2, 0) is 6.54 Å². The quantitative estimate of drug-likeness (QED) is 0.502. The summed E-state index contributed by atoms with van der Waals surface area (Å²) in [5, 5.41) is 1.97. The van der Waals surface area contributed by atoms with Gasteiger partial charge in [-0.15, -0.1) is 11.3 Å². The van der Waals surface area contributed by atoms with E-state index in [4.69, 9.17) is 9.47 Å². The zero-order valence-electron chi connectivity index (χ0n) is 15.9. The van der Waals surface area contributed by atoms with E-state index < -0.39 is 0 Å². The third-order valence-electron chi connectivity index (χ3n) is 4.84. The number of nitrogens with zero attached hydrogens (tertiary/aromatic N) is 2. The lowest BCUT2D eigenvalue weighted by Gasteiger charge is -2.10. The molecular formula is C22H20N2O3S. The zero-order valence-corrected chi connectivity index (χ0v) is 16.7. The van der Waals surface area contributed by atoms with Gasteiger partial charge in [-0.2, -0.15) is 0 Å². The lowest BCUT2D eigenvalue weighted by atomic mass is 10.1. The molecule has 0 atom stereocenters. The second kappa shape index (κ2) is 7.48. The number of hydrogen-bond donors (Lipinski definition) is 0. The number of methoxy groups -OCH3 is 2. The fraction of sp³-hybridized carbons (Fsp3) is 0.182. The molecule has 0 spiro atoms. The number of aromatic nitrogens is 2. The van der Waals surface area contributed by atoms with E-state index in [1.807, 2.05) is 54.8 Å². The van der Waals surface area contributed by atoms with Crippen molar-refractivity contribution in [3.05, 3.63) is 75.7 Å². The Kier molecular flexibility index (Phi) is 4.88. The second-order valence-corrected chi connectivity index (χ2v) is 7.38. The van der Waals surface area contributed by atoms with Gasteiger partial charge in [0.05, 0.1) is 32.6 Å². The van der Waals surface area contributed by atoms with Crippen molar-refractivity contribution in [2.24, 2.45) is 0 Å². The molecule has 0 unspecified atom stereocenters. The molecule has 0 saturated heterocycles. The standard InChI is InChI=1S/C22H20N2O3S/c1-14-6-4-5-7-16(14)11-24-13-23-20-17(12-28-21(20)22(24)25)15-8-9-18(26-2)19(10-15)27-3/h4-10,12-13H,11H2,1-3H3. The summed E-state index contributed by atoms with van der Waals surface area (Å²) in [5.41, 5.74) is 4.82. The molecule has 0 fully saturated rings. The highest BCUT2D eigenvalue weighted by molar-refractivity contribution is 7.17. The van der Waals surface area contributed by atoms with Gasteiger partial charge in [0.25, 0.3) is 5.56 Å². The summed E-state index contributed by atoms with van der Waals surface area (Å²) < 4.78 is 13.0. The summed E-state index contributed by atoms with van der Waals surface area (Å²) in [6.07, 6.45) is 1.63. The largest absolute Gasteiger partial charge is 0.493 e. The van der Waals surface area contributed by atoms with Gasteiger partial charge in [-0.05, 0) is 35.7 Å². The molecule has 0 radical (unpaired) electrons. The summed E-state index contributed by atoms with van der Waals surface area (Å²) in [5.74, 6) is 1.31. The fourth-order valence-electron chi connectivity index (χ4n) is 3.23. The number of thiophene rings is 1. The third-order valence-corrected chi connectivity index (χ3v) is 5.80. The van der Waals surface area contributed by atoms with Crippen LogP contribution < -0.4 is 15.0 Å². The number of ether oxygens (including phenoxy) is 2. The Bertz CT molecular complexity index is 1210. The van der Waals surface area contributed by atoms with Gasteiger partial charge in [-0.3, -0.25) is 9.36 Å². The van der Waals surface area contributed by atoms with Crippen LogP contribution in [0.15, 0.2) is 59.0 Å². The first-order chi connectivity index (χ1) is 13.6. The van der Waals surface area contributed by atoms with Crippen molar-refractivity contribution in [3.8, 4) is 22.6 Å². The van der Waals surface area contributed by atoms with Gasteiger partial charge in [-0.1, -0.05) is 30.3 Å². The van der Waals surface area contributed by atoms with Crippen LogP contribution in [0.1, 0.15) is 11.1 Å². The SMILES string of the molecule is COc1ccc(-c2csc3c(=O)n(Cc4ccccc4C)cnc23)cc1OC. The average molecular weight is 392 g/mol. The van der Waals surface area contributed by atoms with Crippen molar-refractivity contribution < 1.29 is 9.47 Å². The Morgan fingerprint density at radius 2 is 1.86 bits per heavy atom. The van der Waals surface area contributed by atoms with E-state index in [0.29, 0.717) is 28.3 Å². The third kappa shape index (κ3) is 3.16. The van der Waals surface area contributed by atoms with E-state index in [9.17, 15) is 4.79 Å². The fourth-order valence-corrected chi connectivity index (χ4v) is 4.21. The van der Waals surface area contributed by atoms with Crippen molar-refractivity contribution in [3.63, 3.8) is 0 Å². The van der Waals surface area contributed by atoms with Crippen LogP contribution in [0.3, 0.4) is 0 Å². The maximum absolute atomic E-state index is 13.0. The highest BCUT2D eigenvalue weighted by atomic mass is 32.1. The van der Waals surface area contributed by atoms with Gasteiger partial charge in [-0.25, -0.2) is 4.98 Å². The summed E-state index contributed by atoms with van der Waals surface area (Å²) in [6, 6.07) is 13.8. The predicted octanol–water partition coefficient (Wildman–Crippen LogP) is 4.50. The topological polar surface area (TPSA) is 53.4 Å². The molecule has 2 aromatic carbocycles. The lowest BCUT2D eigenvalue weighted by Crippen LogP contribution is -2.20. The molecule has 142 valence electrons. The summed E-state index contributed by atoms with van der Waals surface area (Å²) in [7, 11) is 3.21. The molecule has 0 aliphatic rings. The van der Waals surface area contributed by atoms with Crippen LogP contribution in [0, 0.1) is 6.92 Å². The first-order valence-corrected chi connectivity index (χ1v) is 9.74. The first-order valence-electron chi connectivity index (χ1n) is 8.86. The van der Waals surface area contributed by atoms with Crippen LogP contribution in [0.4, 0.5) is 0 Å². The molecule has 0 N–H and O–H groups in total. The van der Waals surface area contributed by atoms with E-state index >= 15 is 0 Å². The normalized spacial score (nSPS) is 11.0. The molecular weight excluding hydrogens is 372 g/mol. The highest BCUT2D eigenvalue weighted by Gasteiger charge is 2.15. The molecule has 0 bridgehead atoms. The summed E-state index contributed by atoms with van der Waals surface area (Å²) in [4.78, 5) is 17.6. The van der Waals surface area contributed by atoms with E-state index in [2.05, 4.69) is 4.98 Å². The molecule has 5 nitrogen and oxygen atoms in total. The summed E-state index contributed by atoms with van der Waals surface area (Å²) in [6.45, 7) is 2.56. The van der Waals surface area contributed by atoms with Crippen molar-refractivity contribution >= 4 is 21.6 Å². The van der Waals surface area contributed by atoms with Crippen LogP contribution >= 0.6 is 11.3 Å². The van der Waals surface area contributed by atoms with Gasteiger partial charge in [0.2, 0.25) is 0 Å². The maximum atomic E-state index is 13.0. The molecule has 0 aliphatic carbocycles. The zero-order chi connectivity index (χ0) is 19.7. The molecule has 2 aromatic heterocycles. The Morgan fingerprint density at radius 1 is 1.07 bits per heavy atom. The van der Waals surface area contributed by atoms with E-state index in [1.165, 1.54) is 11.3 Å². The molecule has 4 rings (SSSR count). The minimum Gasteiger partial charge on any atom is -0.493 e. The number of rotatable bonds is 5. The van der Waals surface area contributed by atoms with Crippen molar-refractivity contribution in [2.45, 2.75) is 13.5 Å². The highest BCUT2D eigenvalue weighted by Crippen LogP contribution is 2.36. The van der Waals surface area contributed by atoms with Crippen LogP contribution in [0.25, 0.3) is 21.3 Å². The number of hydrogen-bond acceptors (Lipinski definition) is 5. The minimum absolute atomic E-state index is 0.0232. The van der Waals surface area contributed by atoms with Crippen molar-refractivity contribution in [1.82, 2.24) is 9.55 Å². The molecule has 4 aromatic rings. The Morgan fingerprint density at radius 3 is 2.61 bits per heavy atom. The minimum atomic E-state index is -0.0232. The molecule has 2 heterocycles. The van der Waals surface area contributed by atoms with Crippen LogP contribution in [0.2, 0.25) is 0 Å². The molecule has 6 heteroatoms. The van der Waals surface area contributed by atoms with Gasteiger partial charge in [0.1, 0.15) is 4.70 Å². The predicted molar refractivity (Wildman–Crippen MR) is 113 cm³/mol. The van der Waals surface area contributed by atoms with Gasteiger partial charge < -0.3 is 9.47 Å². The number of aryl methyl sites for hydroxylation is 1. The molecule has 0 aliphatic heterocycles. The molecule has 0 saturated carbocycles. The number of fused-ring (bicyclic) bond motifs is 1. The van der Waals surface area contributed by atoms with Crippen LogP contribution in [0.5, 0.6) is 11.5 Å². The van der Waals surface area contributed by atoms with Gasteiger partial charge >= 0.3 is 0 Å². The van der Waals surface area contributed by atoms with Crippen LogP contribution in [-0.4, -0.2) is 23.8 Å². The Hall–Kier alpha value is -3.12. The Balaban J connectivity index is 1.77. The monoisotopic (exact) mass is 392 g/mol. The molecule has 0 amide bonds. The lowest BCUT2D eigenvalue weighted by molar-refractivity contribution is 0.355. The maximum Gasteiger partial charge on any atom is 0.271 e. The summed E-state index contributed by atoms with van der Waals surface area (Å²) >= 11 is 1.42. The van der Waals surface area contributed by atoms with E-state index in [-0.39, 0.29) is 5.56 Å². The first kappa shape index (κ1) is 18.3. The average Bonchev–Trinajstić information content (AvgIpc) is 3.16. The van der Waals surface area contributed by atoms with E-state index in [0.717, 1.165) is 22.3 Å². The number of benzene rings is 2. The van der Waals surface area contributed by atoms with Crippen molar-refractivity contribution in [2.75, 3.05) is 14.2 Å². The van der Waals surface area contributed by atoms with Gasteiger partial charge in [0, 0.05) is 10.9 Å².